The molecule has 116 valence electrons. The highest BCUT2D eigenvalue weighted by atomic mass is 16.5. The smallest absolute Gasteiger partial charge is 0.127 e. The summed E-state index contributed by atoms with van der Waals surface area (Å²) in [6.07, 6.45) is 1.04. The minimum absolute atomic E-state index is 0.846. The number of hydrogen-bond donors (Lipinski definition) is 1. The van der Waals surface area contributed by atoms with Gasteiger partial charge in [0.05, 0.1) is 0 Å². The summed E-state index contributed by atoms with van der Waals surface area (Å²) in [6.45, 7) is 1.81. The van der Waals surface area contributed by atoms with E-state index in [1.54, 1.807) is 0 Å². The van der Waals surface area contributed by atoms with E-state index in [4.69, 9.17) is 4.74 Å². The van der Waals surface area contributed by atoms with Gasteiger partial charge in [0.1, 0.15) is 11.5 Å². The van der Waals surface area contributed by atoms with Crippen LogP contribution in [-0.4, -0.2) is 6.54 Å². The molecule has 0 heterocycles. The second-order valence-corrected chi connectivity index (χ2v) is 5.47. The molecule has 23 heavy (non-hydrogen) atoms. The van der Waals surface area contributed by atoms with Gasteiger partial charge < -0.3 is 10.1 Å². The van der Waals surface area contributed by atoms with Crippen LogP contribution in [0, 0.1) is 0 Å². The maximum atomic E-state index is 5.87. The molecule has 0 aliphatic heterocycles. The van der Waals surface area contributed by atoms with Crippen LogP contribution in [0.25, 0.3) is 0 Å². The van der Waals surface area contributed by atoms with Gasteiger partial charge in [-0.2, -0.15) is 0 Å². The Morgan fingerprint density at radius 3 is 2.09 bits per heavy atom. The Balaban J connectivity index is 1.49. The first-order valence-corrected chi connectivity index (χ1v) is 7.97. The van der Waals surface area contributed by atoms with Gasteiger partial charge in [-0.1, -0.05) is 60.7 Å². The Bertz CT molecular complexity index is 710. The second kappa shape index (κ2) is 8.16. The molecule has 3 aromatic rings. The Morgan fingerprint density at radius 1 is 0.652 bits per heavy atom. The number of hydrogen-bond acceptors (Lipinski definition) is 2. The zero-order chi connectivity index (χ0) is 15.7. The molecule has 0 bridgehead atoms. The van der Waals surface area contributed by atoms with Crippen LogP contribution in [0.5, 0.6) is 11.5 Å². The molecule has 0 fully saturated rings. The monoisotopic (exact) mass is 303 g/mol. The summed E-state index contributed by atoms with van der Waals surface area (Å²) in [6, 6.07) is 28.6. The lowest BCUT2D eigenvalue weighted by Gasteiger charge is -2.09. The first-order valence-electron chi connectivity index (χ1n) is 7.97. The molecule has 0 aliphatic carbocycles. The molecule has 0 aromatic heterocycles. The minimum atomic E-state index is 0.846. The van der Waals surface area contributed by atoms with Gasteiger partial charge in [-0.15, -0.1) is 0 Å². The lowest BCUT2D eigenvalue weighted by molar-refractivity contribution is 0.481. The molecule has 2 nitrogen and oxygen atoms in total. The van der Waals surface area contributed by atoms with E-state index in [0.29, 0.717) is 0 Å². The van der Waals surface area contributed by atoms with Crippen molar-refractivity contribution in [1.29, 1.82) is 0 Å². The summed E-state index contributed by atoms with van der Waals surface area (Å²) in [4.78, 5) is 0. The average Bonchev–Trinajstić information content (AvgIpc) is 2.61. The summed E-state index contributed by atoms with van der Waals surface area (Å²) in [5.74, 6) is 1.74. The Labute approximate surface area is 137 Å². The predicted octanol–water partition coefficient (Wildman–Crippen LogP) is 4.81. The maximum Gasteiger partial charge on any atom is 0.127 e. The van der Waals surface area contributed by atoms with Crippen LogP contribution >= 0.6 is 0 Å². The van der Waals surface area contributed by atoms with E-state index >= 15 is 0 Å². The molecule has 0 amide bonds. The van der Waals surface area contributed by atoms with E-state index in [1.165, 1.54) is 11.1 Å². The number of para-hydroxylation sites is 1. The predicted molar refractivity (Wildman–Crippen MR) is 94.8 cm³/mol. The molecule has 0 unspecified atom stereocenters. The van der Waals surface area contributed by atoms with Gasteiger partial charge in [-0.05, 0) is 48.4 Å². The number of nitrogens with one attached hydrogen (secondary N) is 1. The minimum Gasteiger partial charge on any atom is -0.457 e. The van der Waals surface area contributed by atoms with Crippen LogP contribution in [0.15, 0.2) is 84.9 Å². The first kappa shape index (κ1) is 15.3. The molecule has 0 aliphatic rings. The first-order chi connectivity index (χ1) is 11.4. The van der Waals surface area contributed by atoms with Gasteiger partial charge >= 0.3 is 0 Å². The fourth-order valence-electron chi connectivity index (χ4n) is 2.45. The fourth-order valence-corrected chi connectivity index (χ4v) is 2.45. The molecule has 1 N–H and O–H groups in total. The van der Waals surface area contributed by atoms with Crippen LogP contribution < -0.4 is 10.1 Å². The van der Waals surface area contributed by atoms with Crippen molar-refractivity contribution < 1.29 is 4.74 Å². The Hall–Kier alpha value is -2.58. The number of ether oxygens (including phenoxy) is 1. The molecule has 3 aromatic carbocycles. The van der Waals surface area contributed by atoms with Crippen LogP contribution in [0.1, 0.15) is 11.1 Å². The summed E-state index contributed by atoms with van der Waals surface area (Å²) in [7, 11) is 0. The van der Waals surface area contributed by atoms with Crippen molar-refractivity contribution in [3.05, 3.63) is 96.1 Å². The molecule has 2 heteroatoms. The quantitative estimate of drug-likeness (QED) is 0.632. The van der Waals surface area contributed by atoms with Crippen molar-refractivity contribution in [1.82, 2.24) is 5.32 Å². The second-order valence-electron chi connectivity index (χ2n) is 5.47. The van der Waals surface area contributed by atoms with Gasteiger partial charge in [0.2, 0.25) is 0 Å². The summed E-state index contributed by atoms with van der Waals surface area (Å²) in [5, 5.41) is 3.49. The Kier molecular flexibility index (Phi) is 5.43. The fraction of sp³-hybridized carbons (Fsp3) is 0.143. The summed E-state index contributed by atoms with van der Waals surface area (Å²) >= 11 is 0. The number of benzene rings is 3. The molecule has 0 saturated heterocycles. The summed E-state index contributed by atoms with van der Waals surface area (Å²) < 4.78 is 5.87. The highest BCUT2D eigenvalue weighted by Gasteiger charge is 1.99. The molecule has 0 radical (unpaired) electrons. The summed E-state index contributed by atoms with van der Waals surface area (Å²) in [5.41, 5.74) is 2.59. The SMILES string of the molecule is c1ccc(CCNCc2cccc(Oc3ccccc3)c2)cc1. The molecule has 0 saturated carbocycles. The van der Waals surface area contributed by atoms with Crippen molar-refractivity contribution in [2.75, 3.05) is 6.54 Å². The molecule has 3 rings (SSSR count). The molecule has 0 spiro atoms. The standard InChI is InChI=1S/C21H21NO/c1-3-8-18(9-4-1)14-15-22-17-19-10-7-13-21(16-19)23-20-11-5-2-6-12-20/h1-13,16,22H,14-15,17H2. The third-order valence-electron chi connectivity index (χ3n) is 3.64. The van der Waals surface area contributed by atoms with Gasteiger partial charge in [-0.25, -0.2) is 0 Å². The van der Waals surface area contributed by atoms with Crippen LogP contribution in [-0.2, 0) is 13.0 Å². The molecule has 0 atom stereocenters. The van der Waals surface area contributed by atoms with E-state index in [9.17, 15) is 0 Å². The Morgan fingerprint density at radius 2 is 1.30 bits per heavy atom. The van der Waals surface area contributed by atoms with Gasteiger partial charge in [-0.3, -0.25) is 0 Å². The average molecular weight is 303 g/mol. The van der Waals surface area contributed by atoms with Crippen LogP contribution in [0.3, 0.4) is 0 Å². The zero-order valence-corrected chi connectivity index (χ0v) is 13.1. The van der Waals surface area contributed by atoms with E-state index in [2.05, 4.69) is 47.8 Å². The van der Waals surface area contributed by atoms with Gasteiger partial charge in [0, 0.05) is 6.54 Å². The molecular weight excluding hydrogens is 282 g/mol. The van der Waals surface area contributed by atoms with Crippen molar-refractivity contribution >= 4 is 0 Å². The van der Waals surface area contributed by atoms with E-state index in [0.717, 1.165) is 31.0 Å². The highest BCUT2D eigenvalue weighted by Crippen LogP contribution is 2.21. The third-order valence-corrected chi connectivity index (χ3v) is 3.64. The molecular formula is C21H21NO. The normalized spacial score (nSPS) is 10.4. The van der Waals surface area contributed by atoms with Gasteiger partial charge in [0.25, 0.3) is 0 Å². The topological polar surface area (TPSA) is 21.3 Å². The highest BCUT2D eigenvalue weighted by molar-refractivity contribution is 5.33. The maximum absolute atomic E-state index is 5.87. The van der Waals surface area contributed by atoms with Crippen LogP contribution in [0.4, 0.5) is 0 Å². The van der Waals surface area contributed by atoms with E-state index < -0.39 is 0 Å². The van der Waals surface area contributed by atoms with Crippen molar-refractivity contribution in [2.24, 2.45) is 0 Å². The van der Waals surface area contributed by atoms with Gasteiger partial charge in [0.15, 0.2) is 0 Å². The largest absolute Gasteiger partial charge is 0.457 e. The van der Waals surface area contributed by atoms with E-state index in [-0.39, 0.29) is 0 Å². The van der Waals surface area contributed by atoms with Crippen LogP contribution in [0.2, 0.25) is 0 Å². The van der Waals surface area contributed by atoms with Crippen molar-refractivity contribution in [2.45, 2.75) is 13.0 Å². The zero-order valence-electron chi connectivity index (χ0n) is 13.1. The third kappa shape index (κ3) is 4.97. The number of rotatable bonds is 7. The lowest BCUT2D eigenvalue weighted by Crippen LogP contribution is -2.16. The van der Waals surface area contributed by atoms with Crippen molar-refractivity contribution in [3.63, 3.8) is 0 Å². The van der Waals surface area contributed by atoms with Crippen molar-refractivity contribution in [3.8, 4) is 11.5 Å². The lowest BCUT2D eigenvalue weighted by atomic mass is 10.1. The van der Waals surface area contributed by atoms with E-state index in [1.807, 2.05) is 42.5 Å².